The minimum atomic E-state index is -0.137. The van der Waals surface area contributed by atoms with Gasteiger partial charge in [0.25, 0.3) is 0 Å². The fourth-order valence-corrected chi connectivity index (χ4v) is 5.46. The Kier molecular flexibility index (Phi) is 7.16. The van der Waals surface area contributed by atoms with E-state index in [1.807, 2.05) is 11.8 Å². The van der Waals surface area contributed by atoms with Crippen LogP contribution >= 0.6 is 23.1 Å². The second-order valence-corrected chi connectivity index (χ2v) is 10.2. The molecular formula is C23H27NO3S2. The van der Waals surface area contributed by atoms with Gasteiger partial charge in [-0.3, -0.25) is 9.59 Å². The number of hydrogen-bond acceptors (Lipinski definition) is 6. The second-order valence-electron chi connectivity index (χ2n) is 7.96. The Hall–Kier alpha value is -1.50. The zero-order valence-corrected chi connectivity index (χ0v) is 18.2. The van der Waals surface area contributed by atoms with Gasteiger partial charge in [-0.25, -0.2) is 4.98 Å². The molecule has 0 radical (unpaired) electrons. The van der Waals surface area contributed by atoms with Crippen LogP contribution < -0.4 is 0 Å². The molecule has 0 N–H and O–H groups in total. The molecule has 6 heteroatoms. The molecule has 4 rings (SSSR count). The number of ketones is 2. The van der Waals surface area contributed by atoms with Crippen molar-refractivity contribution in [1.29, 1.82) is 0 Å². The van der Waals surface area contributed by atoms with Crippen molar-refractivity contribution in [2.45, 2.75) is 61.0 Å². The Bertz CT molecular complexity index is 809. The minimum Gasteiger partial charge on any atom is -0.381 e. The molecule has 1 saturated carbocycles. The van der Waals surface area contributed by atoms with E-state index in [1.54, 1.807) is 11.6 Å². The molecule has 0 bridgehead atoms. The quantitative estimate of drug-likeness (QED) is 0.465. The molecule has 1 atom stereocenters. The first kappa shape index (κ1) is 20.8. The lowest BCUT2D eigenvalue weighted by Gasteiger charge is -2.26. The highest BCUT2D eigenvalue weighted by Crippen LogP contribution is 2.40. The van der Waals surface area contributed by atoms with Crippen LogP contribution in [0, 0.1) is 5.92 Å². The van der Waals surface area contributed by atoms with Crippen LogP contribution in [0.4, 0.5) is 0 Å². The standard InChI is InChI=1S/C23H27NO3S2/c25-21(7-8-22(26)23-24-11-14-28-23)20(15-16-9-12-27-13-10-16)17-1-3-18(4-2-17)29-19-5-6-19/h1-4,11,14,16,19-20H,5-10,12-13,15H2. The van der Waals surface area contributed by atoms with Crippen LogP contribution in [0.5, 0.6) is 0 Å². The van der Waals surface area contributed by atoms with E-state index in [4.69, 9.17) is 4.74 Å². The van der Waals surface area contributed by atoms with E-state index >= 15 is 0 Å². The highest BCUT2D eigenvalue weighted by molar-refractivity contribution is 8.00. The molecule has 1 aliphatic carbocycles. The zero-order chi connectivity index (χ0) is 20.1. The van der Waals surface area contributed by atoms with Crippen LogP contribution in [0.1, 0.15) is 66.2 Å². The number of nitrogens with zero attached hydrogens (tertiary/aromatic N) is 1. The summed E-state index contributed by atoms with van der Waals surface area (Å²) in [6.45, 7) is 1.57. The summed E-state index contributed by atoms with van der Waals surface area (Å²) < 4.78 is 5.49. The molecule has 29 heavy (non-hydrogen) atoms. The highest BCUT2D eigenvalue weighted by atomic mass is 32.2. The monoisotopic (exact) mass is 429 g/mol. The van der Waals surface area contributed by atoms with Crippen molar-refractivity contribution in [3.8, 4) is 0 Å². The molecule has 2 aliphatic rings. The van der Waals surface area contributed by atoms with Crippen LogP contribution in [-0.4, -0.2) is 35.0 Å². The fourth-order valence-electron chi connectivity index (χ4n) is 3.80. The number of thiazole rings is 1. The summed E-state index contributed by atoms with van der Waals surface area (Å²) in [5.41, 5.74) is 1.09. The number of hydrogen-bond donors (Lipinski definition) is 0. The number of carbonyl (C=O) groups is 2. The smallest absolute Gasteiger partial charge is 0.191 e. The van der Waals surface area contributed by atoms with Crippen molar-refractivity contribution in [3.05, 3.63) is 46.4 Å². The minimum absolute atomic E-state index is 0.0330. The maximum atomic E-state index is 13.2. The molecule has 2 fully saturated rings. The van der Waals surface area contributed by atoms with Crippen LogP contribution in [0.15, 0.2) is 40.7 Å². The van der Waals surface area contributed by atoms with Crippen LogP contribution in [0.2, 0.25) is 0 Å². The van der Waals surface area contributed by atoms with Crippen LogP contribution in [0.3, 0.4) is 0 Å². The summed E-state index contributed by atoms with van der Waals surface area (Å²) in [6.07, 6.45) is 7.65. The van der Waals surface area contributed by atoms with Crippen LogP contribution in [0.25, 0.3) is 0 Å². The molecule has 1 unspecified atom stereocenters. The van der Waals surface area contributed by atoms with Crippen LogP contribution in [-0.2, 0) is 9.53 Å². The van der Waals surface area contributed by atoms with E-state index in [-0.39, 0.29) is 30.3 Å². The maximum absolute atomic E-state index is 13.2. The van der Waals surface area contributed by atoms with E-state index in [2.05, 4.69) is 29.2 Å². The van der Waals surface area contributed by atoms with Gasteiger partial charge in [-0.2, -0.15) is 0 Å². The van der Waals surface area contributed by atoms with Gasteiger partial charge in [-0.05, 0) is 55.7 Å². The Labute approximate surface area is 180 Å². The Morgan fingerprint density at radius 2 is 1.86 bits per heavy atom. The number of aromatic nitrogens is 1. The van der Waals surface area contributed by atoms with E-state index in [1.165, 1.54) is 29.1 Å². The molecule has 1 saturated heterocycles. The van der Waals surface area contributed by atoms with Gasteiger partial charge in [-0.15, -0.1) is 23.1 Å². The third-order valence-corrected chi connectivity index (χ3v) is 7.84. The number of Topliss-reactive ketones (excluding diaryl/α,β-unsaturated/α-hetero) is 2. The summed E-state index contributed by atoms with van der Waals surface area (Å²) in [5.74, 6) is 0.508. The van der Waals surface area contributed by atoms with Gasteiger partial charge in [0.05, 0.1) is 0 Å². The molecule has 0 amide bonds. The van der Waals surface area contributed by atoms with Gasteiger partial charge in [0, 0.05) is 53.7 Å². The zero-order valence-electron chi connectivity index (χ0n) is 16.5. The molecule has 2 heterocycles. The van der Waals surface area contributed by atoms with Gasteiger partial charge in [0.15, 0.2) is 10.8 Å². The van der Waals surface area contributed by atoms with Gasteiger partial charge < -0.3 is 4.74 Å². The first-order chi connectivity index (χ1) is 14.2. The van der Waals surface area contributed by atoms with Crippen molar-refractivity contribution in [2.75, 3.05) is 13.2 Å². The fraction of sp³-hybridized carbons (Fsp3) is 0.522. The van der Waals surface area contributed by atoms with Crippen molar-refractivity contribution >= 4 is 34.7 Å². The van der Waals surface area contributed by atoms with Gasteiger partial charge in [0.1, 0.15) is 5.78 Å². The highest BCUT2D eigenvalue weighted by Gasteiger charge is 2.27. The SMILES string of the molecule is O=C(CCC(=O)C(CC1CCOCC1)c1ccc(SC2CC2)cc1)c1nccs1. The van der Waals surface area contributed by atoms with E-state index in [0.717, 1.165) is 43.3 Å². The number of thioether (sulfide) groups is 1. The van der Waals surface area contributed by atoms with Gasteiger partial charge in [-0.1, -0.05) is 12.1 Å². The maximum Gasteiger partial charge on any atom is 0.191 e. The average molecular weight is 430 g/mol. The molecule has 1 aliphatic heterocycles. The van der Waals surface area contributed by atoms with Crippen molar-refractivity contribution < 1.29 is 14.3 Å². The molecule has 4 nitrogen and oxygen atoms in total. The summed E-state index contributed by atoms with van der Waals surface area (Å²) >= 11 is 3.27. The first-order valence-electron chi connectivity index (χ1n) is 10.5. The third kappa shape index (κ3) is 6.00. The topological polar surface area (TPSA) is 56.3 Å². The second kappa shape index (κ2) is 10.0. The Morgan fingerprint density at radius 1 is 1.10 bits per heavy atom. The van der Waals surface area contributed by atoms with Crippen molar-refractivity contribution in [1.82, 2.24) is 4.98 Å². The third-order valence-electron chi connectivity index (χ3n) is 5.68. The lowest BCUT2D eigenvalue weighted by molar-refractivity contribution is -0.121. The predicted molar refractivity (Wildman–Crippen MR) is 117 cm³/mol. The summed E-state index contributed by atoms with van der Waals surface area (Å²) in [4.78, 5) is 30.8. The van der Waals surface area contributed by atoms with E-state index < -0.39 is 0 Å². The lowest BCUT2D eigenvalue weighted by atomic mass is 9.81. The first-order valence-corrected chi connectivity index (χ1v) is 12.2. The average Bonchev–Trinajstić information content (AvgIpc) is 3.39. The predicted octanol–water partition coefficient (Wildman–Crippen LogP) is 5.53. The summed E-state index contributed by atoms with van der Waals surface area (Å²) in [6, 6.07) is 8.55. The molecule has 154 valence electrons. The van der Waals surface area contributed by atoms with E-state index in [9.17, 15) is 9.59 Å². The summed E-state index contributed by atoms with van der Waals surface area (Å²) in [7, 11) is 0. The number of benzene rings is 1. The molecule has 1 aromatic carbocycles. The number of carbonyl (C=O) groups excluding carboxylic acids is 2. The Morgan fingerprint density at radius 3 is 2.52 bits per heavy atom. The largest absolute Gasteiger partial charge is 0.381 e. The van der Waals surface area contributed by atoms with Gasteiger partial charge in [0.2, 0.25) is 0 Å². The normalized spacial score (nSPS) is 18.5. The van der Waals surface area contributed by atoms with Crippen molar-refractivity contribution in [2.24, 2.45) is 5.92 Å². The lowest BCUT2D eigenvalue weighted by Crippen LogP contribution is -2.22. The van der Waals surface area contributed by atoms with E-state index in [0.29, 0.717) is 10.9 Å². The molecular weight excluding hydrogens is 402 g/mol. The summed E-state index contributed by atoms with van der Waals surface area (Å²) in [5, 5.41) is 3.07. The molecule has 2 aromatic rings. The molecule has 0 spiro atoms. The van der Waals surface area contributed by atoms with Gasteiger partial charge >= 0.3 is 0 Å². The molecule has 1 aromatic heterocycles. The number of rotatable bonds is 10. The van der Waals surface area contributed by atoms with Crippen molar-refractivity contribution in [3.63, 3.8) is 0 Å². The number of ether oxygens (including phenoxy) is 1. The Balaban J connectivity index is 1.43.